The van der Waals surface area contributed by atoms with Crippen molar-refractivity contribution < 1.29 is 19.2 Å². The van der Waals surface area contributed by atoms with Crippen LogP contribution in [0, 0.1) is 11.8 Å². The van der Waals surface area contributed by atoms with Crippen LogP contribution in [0.1, 0.15) is 90.1 Å². The monoisotopic (exact) mass is 497 g/mol. The molecule has 7 heteroatoms. The number of nitrogens with one attached hydrogen (secondary N) is 1. The minimum Gasteiger partial charge on any atom is -0.340 e. The molecule has 0 radical (unpaired) electrons. The molecule has 0 bridgehead atoms. The van der Waals surface area contributed by atoms with Gasteiger partial charge in [0, 0.05) is 18.5 Å². The zero-order valence-electron chi connectivity index (χ0n) is 23.0. The number of hydrogen-bond acceptors (Lipinski definition) is 4. The number of ketones is 1. The first-order valence-corrected chi connectivity index (χ1v) is 13.3. The van der Waals surface area contributed by atoms with Crippen molar-refractivity contribution in [3.8, 4) is 0 Å². The van der Waals surface area contributed by atoms with E-state index in [0.29, 0.717) is 37.3 Å². The summed E-state index contributed by atoms with van der Waals surface area (Å²) >= 11 is 0. The fourth-order valence-electron chi connectivity index (χ4n) is 5.20. The summed E-state index contributed by atoms with van der Waals surface area (Å²) in [7, 11) is 0. The molecular formula is C29H43N3O4. The Morgan fingerprint density at radius 1 is 1.00 bits per heavy atom. The summed E-state index contributed by atoms with van der Waals surface area (Å²) in [6.07, 6.45) is 2.26. The minimum absolute atomic E-state index is 0.00964. The molecule has 3 amide bonds. The molecule has 1 N–H and O–H groups in total. The van der Waals surface area contributed by atoms with Crippen LogP contribution in [0.5, 0.6) is 0 Å². The Hall–Kier alpha value is -2.70. The van der Waals surface area contributed by atoms with Crippen LogP contribution in [-0.2, 0) is 19.8 Å². The minimum atomic E-state index is -0.725. The third-order valence-corrected chi connectivity index (χ3v) is 7.29. The second-order valence-corrected chi connectivity index (χ2v) is 12.2. The second-order valence-electron chi connectivity index (χ2n) is 12.2. The Balaban J connectivity index is 1.73. The largest absolute Gasteiger partial charge is 0.340 e. The standard InChI is InChI=1S/C29H43N3O4/c1-18(2)8-13-25(34)32-17-24(33)26-23(32)14-15-31(26)28(36)22(16-19(3)4)30-27(35)20-9-11-21(12-10-20)29(5,6)7/h9-12,18-19,22-23,26H,8,13-17H2,1-7H3,(H,30,35)/t22?,23-,26+/m1/s1. The lowest BCUT2D eigenvalue weighted by molar-refractivity contribution is -0.138. The fraction of sp³-hybridized carbons (Fsp3) is 0.655. The van der Waals surface area contributed by atoms with Gasteiger partial charge in [0.15, 0.2) is 5.78 Å². The van der Waals surface area contributed by atoms with Crippen molar-refractivity contribution >= 4 is 23.5 Å². The molecule has 1 unspecified atom stereocenters. The molecule has 2 fully saturated rings. The van der Waals surface area contributed by atoms with E-state index in [9.17, 15) is 19.2 Å². The van der Waals surface area contributed by atoms with Gasteiger partial charge in [-0.05, 0) is 54.2 Å². The normalized spacial score (nSPS) is 20.8. The Bertz CT molecular complexity index is 977. The molecule has 2 aliphatic rings. The summed E-state index contributed by atoms with van der Waals surface area (Å²) < 4.78 is 0. The number of rotatable bonds is 8. The smallest absolute Gasteiger partial charge is 0.251 e. The SMILES string of the molecule is CC(C)CCC(=O)N1CC(=O)[C@@H]2[C@H]1CCN2C(=O)C(CC(C)C)NC(=O)c1ccc(C(C)(C)C)cc1. The Labute approximate surface area is 216 Å². The van der Waals surface area contributed by atoms with E-state index in [4.69, 9.17) is 0 Å². The average Bonchev–Trinajstić information content (AvgIpc) is 3.37. The van der Waals surface area contributed by atoms with Gasteiger partial charge in [0.05, 0.1) is 12.6 Å². The molecule has 3 atom stereocenters. The summed E-state index contributed by atoms with van der Waals surface area (Å²) in [5.74, 6) is -0.0426. The maximum absolute atomic E-state index is 13.7. The van der Waals surface area contributed by atoms with Crippen LogP contribution in [-0.4, -0.2) is 64.5 Å². The highest BCUT2D eigenvalue weighted by atomic mass is 16.2. The number of carbonyl (C=O) groups excluding carboxylic acids is 4. The second kappa shape index (κ2) is 11.1. The molecule has 198 valence electrons. The maximum atomic E-state index is 13.7. The van der Waals surface area contributed by atoms with Crippen molar-refractivity contribution in [2.75, 3.05) is 13.1 Å². The van der Waals surface area contributed by atoms with Crippen LogP contribution in [0.15, 0.2) is 24.3 Å². The highest BCUT2D eigenvalue weighted by Gasteiger charge is 2.52. The van der Waals surface area contributed by atoms with Crippen molar-refractivity contribution in [1.29, 1.82) is 0 Å². The Morgan fingerprint density at radius 2 is 1.64 bits per heavy atom. The third kappa shape index (κ3) is 6.34. The fourth-order valence-corrected chi connectivity index (χ4v) is 5.20. The van der Waals surface area contributed by atoms with Gasteiger partial charge in [-0.25, -0.2) is 0 Å². The van der Waals surface area contributed by atoms with Gasteiger partial charge in [-0.1, -0.05) is 60.6 Å². The predicted octanol–water partition coefficient (Wildman–Crippen LogP) is 3.95. The zero-order chi connectivity index (χ0) is 26.8. The molecule has 1 aromatic carbocycles. The summed E-state index contributed by atoms with van der Waals surface area (Å²) in [6.45, 7) is 15.0. The molecule has 36 heavy (non-hydrogen) atoms. The number of likely N-dealkylation sites (tertiary alicyclic amines) is 2. The van der Waals surface area contributed by atoms with Gasteiger partial charge in [0.25, 0.3) is 5.91 Å². The number of carbonyl (C=O) groups is 4. The number of amides is 3. The van der Waals surface area contributed by atoms with Crippen molar-refractivity contribution in [2.45, 2.75) is 97.7 Å². The molecule has 7 nitrogen and oxygen atoms in total. The first-order valence-electron chi connectivity index (χ1n) is 13.3. The lowest BCUT2D eigenvalue weighted by Crippen LogP contribution is -2.53. The first-order chi connectivity index (χ1) is 16.8. The Kier molecular flexibility index (Phi) is 8.63. The Morgan fingerprint density at radius 3 is 2.19 bits per heavy atom. The molecule has 2 heterocycles. The van der Waals surface area contributed by atoms with Gasteiger partial charge >= 0.3 is 0 Å². The highest BCUT2D eigenvalue weighted by molar-refractivity contribution is 6.00. The van der Waals surface area contributed by atoms with E-state index in [1.165, 1.54) is 0 Å². The number of nitrogens with zero attached hydrogens (tertiary/aromatic N) is 2. The van der Waals surface area contributed by atoms with E-state index in [0.717, 1.165) is 12.0 Å². The lowest BCUT2D eigenvalue weighted by atomic mass is 9.86. The number of benzene rings is 1. The van der Waals surface area contributed by atoms with Crippen molar-refractivity contribution in [3.63, 3.8) is 0 Å². The zero-order valence-corrected chi connectivity index (χ0v) is 23.0. The molecule has 3 rings (SSSR count). The first kappa shape index (κ1) is 27.9. The van der Waals surface area contributed by atoms with Crippen molar-refractivity contribution in [2.24, 2.45) is 11.8 Å². The molecular weight excluding hydrogens is 454 g/mol. The highest BCUT2D eigenvalue weighted by Crippen LogP contribution is 2.31. The molecule has 1 aromatic rings. The quantitative estimate of drug-likeness (QED) is 0.589. The predicted molar refractivity (Wildman–Crippen MR) is 141 cm³/mol. The van der Waals surface area contributed by atoms with Crippen LogP contribution in [0.25, 0.3) is 0 Å². The van der Waals surface area contributed by atoms with Crippen LogP contribution in [0.3, 0.4) is 0 Å². The molecule has 0 aliphatic carbocycles. The summed E-state index contributed by atoms with van der Waals surface area (Å²) in [5.41, 5.74) is 1.61. The van der Waals surface area contributed by atoms with E-state index in [1.54, 1.807) is 21.9 Å². The van der Waals surface area contributed by atoms with Gasteiger partial charge in [-0.2, -0.15) is 0 Å². The van der Waals surface area contributed by atoms with Crippen LogP contribution >= 0.6 is 0 Å². The maximum Gasteiger partial charge on any atom is 0.251 e. The number of fused-ring (bicyclic) bond motifs is 1. The molecule has 2 saturated heterocycles. The lowest BCUT2D eigenvalue weighted by Gasteiger charge is -2.29. The number of hydrogen-bond donors (Lipinski definition) is 1. The summed E-state index contributed by atoms with van der Waals surface area (Å²) in [6, 6.07) is 5.87. The molecule has 0 aromatic heterocycles. The van der Waals surface area contributed by atoms with Crippen LogP contribution < -0.4 is 5.32 Å². The van der Waals surface area contributed by atoms with Gasteiger partial charge in [-0.15, -0.1) is 0 Å². The summed E-state index contributed by atoms with van der Waals surface area (Å²) in [5, 5.41) is 2.94. The van der Waals surface area contributed by atoms with Crippen LogP contribution in [0.2, 0.25) is 0 Å². The number of Topliss-reactive ketones (excluding diaryl/α,β-unsaturated/α-hetero) is 1. The third-order valence-electron chi connectivity index (χ3n) is 7.29. The van der Waals surface area contributed by atoms with Gasteiger partial charge < -0.3 is 15.1 Å². The van der Waals surface area contributed by atoms with Gasteiger partial charge in [0.2, 0.25) is 11.8 Å². The van der Waals surface area contributed by atoms with Crippen LogP contribution in [0.4, 0.5) is 0 Å². The van der Waals surface area contributed by atoms with Gasteiger partial charge in [0.1, 0.15) is 12.1 Å². The van der Waals surface area contributed by atoms with E-state index in [1.807, 2.05) is 26.0 Å². The topological polar surface area (TPSA) is 86.8 Å². The van der Waals surface area contributed by atoms with E-state index in [2.05, 4.69) is 39.9 Å². The average molecular weight is 498 g/mol. The molecule has 2 aliphatic heterocycles. The van der Waals surface area contributed by atoms with E-state index < -0.39 is 12.1 Å². The van der Waals surface area contributed by atoms with Gasteiger partial charge in [-0.3, -0.25) is 19.2 Å². The molecule has 0 spiro atoms. The summed E-state index contributed by atoms with van der Waals surface area (Å²) in [4.78, 5) is 55.8. The van der Waals surface area contributed by atoms with E-state index >= 15 is 0 Å². The van der Waals surface area contributed by atoms with Crippen molar-refractivity contribution in [1.82, 2.24) is 15.1 Å². The van der Waals surface area contributed by atoms with Crippen molar-refractivity contribution in [3.05, 3.63) is 35.4 Å². The van der Waals surface area contributed by atoms with E-state index in [-0.39, 0.29) is 47.4 Å². The molecule has 0 saturated carbocycles.